The van der Waals surface area contributed by atoms with Gasteiger partial charge in [-0.25, -0.2) is 13.4 Å². The van der Waals surface area contributed by atoms with Crippen LogP contribution in [0.15, 0.2) is 47.4 Å². The molecule has 0 saturated carbocycles. The average Bonchev–Trinajstić information content (AvgIpc) is 2.79. The highest BCUT2D eigenvalue weighted by molar-refractivity contribution is 7.89. The largest absolute Gasteiger partial charge is 0.480 e. The molecule has 1 aliphatic rings. The summed E-state index contributed by atoms with van der Waals surface area (Å²) in [4.78, 5) is 17.0. The number of anilines is 1. The molecule has 174 valence electrons. The summed E-state index contributed by atoms with van der Waals surface area (Å²) in [5.41, 5.74) is 1.66. The number of aryl methyl sites for hydroxylation is 1. The number of aromatic nitrogens is 1. The van der Waals surface area contributed by atoms with Crippen LogP contribution in [0, 0.1) is 6.92 Å². The zero-order chi connectivity index (χ0) is 23.6. The van der Waals surface area contributed by atoms with E-state index in [-0.39, 0.29) is 22.3 Å². The van der Waals surface area contributed by atoms with Gasteiger partial charge in [-0.3, -0.25) is 4.79 Å². The van der Waals surface area contributed by atoms with Crippen LogP contribution in [-0.2, 0) is 19.6 Å². The number of benzene rings is 2. The molecule has 0 aliphatic carbocycles. The number of halogens is 2. The van der Waals surface area contributed by atoms with E-state index in [1.54, 1.807) is 6.07 Å². The lowest BCUT2D eigenvalue weighted by atomic mass is 10.2. The number of carbonyl (C=O) groups excluding carboxylic acids is 1. The van der Waals surface area contributed by atoms with Crippen LogP contribution >= 0.6 is 23.2 Å². The van der Waals surface area contributed by atoms with E-state index in [4.69, 9.17) is 32.7 Å². The Kier molecular flexibility index (Phi) is 7.06. The van der Waals surface area contributed by atoms with Crippen molar-refractivity contribution >= 4 is 55.7 Å². The first kappa shape index (κ1) is 23.7. The Hall–Kier alpha value is -2.43. The molecule has 0 bridgehead atoms. The summed E-state index contributed by atoms with van der Waals surface area (Å²) in [5.74, 6) is -0.174. The van der Waals surface area contributed by atoms with Crippen LogP contribution in [0.3, 0.4) is 0 Å². The van der Waals surface area contributed by atoms with Gasteiger partial charge in [0, 0.05) is 29.9 Å². The Balaban J connectivity index is 1.43. The lowest BCUT2D eigenvalue weighted by Crippen LogP contribution is -2.40. The van der Waals surface area contributed by atoms with Crippen LogP contribution in [0.4, 0.5) is 5.69 Å². The second-order valence-electron chi connectivity index (χ2n) is 7.40. The van der Waals surface area contributed by atoms with Crippen molar-refractivity contribution in [3.8, 4) is 5.75 Å². The Morgan fingerprint density at radius 3 is 2.52 bits per heavy atom. The molecule has 8 nitrogen and oxygen atoms in total. The molecule has 0 spiro atoms. The lowest BCUT2D eigenvalue weighted by Gasteiger charge is -2.26. The average molecular weight is 510 g/mol. The van der Waals surface area contributed by atoms with Crippen LogP contribution in [0.1, 0.15) is 5.69 Å². The van der Waals surface area contributed by atoms with Gasteiger partial charge in [-0.1, -0.05) is 23.2 Å². The Morgan fingerprint density at radius 2 is 1.82 bits per heavy atom. The fourth-order valence-electron chi connectivity index (χ4n) is 3.41. The maximum Gasteiger partial charge on any atom is 0.262 e. The number of sulfonamides is 1. The fourth-order valence-corrected chi connectivity index (χ4v) is 5.39. The third kappa shape index (κ3) is 5.23. The number of nitrogens with one attached hydrogen (secondary N) is 1. The molecule has 1 N–H and O–H groups in total. The quantitative estimate of drug-likeness (QED) is 0.541. The van der Waals surface area contributed by atoms with E-state index in [1.165, 1.54) is 28.6 Å². The minimum Gasteiger partial charge on any atom is -0.480 e. The smallest absolute Gasteiger partial charge is 0.262 e. The van der Waals surface area contributed by atoms with Gasteiger partial charge in [0.05, 0.1) is 28.2 Å². The zero-order valence-electron chi connectivity index (χ0n) is 17.7. The van der Waals surface area contributed by atoms with Gasteiger partial charge in [0.15, 0.2) is 12.4 Å². The van der Waals surface area contributed by atoms with Gasteiger partial charge in [-0.05, 0) is 49.4 Å². The van der Waals surface area contributed by atoms with Crippen molar-refractivity contribution in [1.29, 1.82) is 0 Å². The predicted molar refractivity (Wildman–Crippen MR) is 127 cm³/mol. The van der Waals surface area contributed by atoms with E-state index >= 15 is 0 Å². The van der Waals surface area contributed by atoms with E-state index in [1.807, 2.05) is 19.1 Å². The summed E-state index contributed by atoms with van der Waals surface area (Å²) in [5, 5.41) is 4.03. The molecule has 1 amide bonds. The third-order valence-electron chi connectivity index (χ3n) is 5.07. The molecule has 1 aromatic heterocycles. The van der Waals surface area contributed by atoms with E-state index in [0.29, 0.717) is 47.9 Å². The normalized spacial score (nSPS) is 14.9. The number of nitrogens with zero attached hydrogens (tertiary/aromatic N) is 2. The predicted octanol–water partition coefficient (Wildman–Crippen LogP) is 3.89. The number of fused-ring (bicyclic) bond motifs is 1. The van der Waals surface area contributed by atoms with Crippen molar-refractivity contribution < 1.29 is 22.7 Å². The molecule has 11 heteroatoms. The minimum atomic E-state index is -3.60. The van der Waals surface area contributed by atoms with Crippen molar-refractivity contribution in [3.05, 3.63) is 58.2 Å². The summed E-state index contributed by atoms with van der Waals surface area (Å²) in [6, 6.07) is 11.2. The van der Waals surface area contributed by atoms with E-state index in [2.05, 4.69) is 10.3 Å². The van der Waals surface area contributed by atoms with Crippen molar-refractivity contribution in [2.45, 2.75) is 11.8 Å². The molecule has 1 aliphatic heterocycles. The van der Waals surface area contributed by atoms with Gasteiger partial charge in [0.25, 0.3) is 5.91 Å². The number of hydrogen-bond donors (Lipinski definition) is 1. The first-order valence-electron chi connectivity index (χ1n) is 10.1. The maximum atomic E-state index is 12.7. The molecule has 0 radical (unpaired) electrons. The SMILES string of the molecule is Cc1ccc2c(Cl)cc(Cl)c(OCC(=O)Nc3ccc(S(=O)(=O)N4CCOCC4)cc3)c2n1. The number of rotatable bonds is 6. The van der Waals surface area contributed by atoms with Gasteiger partial charge < -0.3 is 14.8 Å². The number of hydrogen-bond acceptors (Lipinski definition) is 6. The van der Waals surface area contributed by atoms with E-state index in [0.717, 1.165) is 5.69 Å². The molecule has 4 rings (SSSR count). The number of amides is 1. The Morgan fingerprint density at radius 1 is 1.12 bits per heavy atom. The van der Waals surface area contributed by atoms with E-state index < -0.39 is 15.9 Å². The van der Waals surface area contributed by atoms with Gasteiger partial charge >= 0.3 is 0 Å². The summed E-state index contributed by atoms with van der Waals surface area (Å²) >= 11 is 12.5. The van der Waals surface area contributed by atoms with Crippen molar-refractivity contribution in [3.63, 3.8) is 0 Å². The Labute approximate surface area is 201 Å². The van der Waals surface area contributed by atoms with Crippen LogP contribution in [0.2, 0.25) is 10.0 Å². The second kappa shape index (κ2) is 9.82. The van der Waals surface area contributed by atoms with Crippen LogP contribution in [0.5, 0.6) is 5.75 Å². The molecule has 2 heterocycles. The molecule has 1 fully saturated rings. The molecule has 1 saturated heterocycles. The van der Waals surface area contributed by atoms with E-state index in [9.17, 15) is 13.2 Å². The highest BCUT2D eigenvalue weighted by Crippen LogP contribution is 2.37. The fraction of sp³-hybridized carbons (Fsp3) is 0.273. The monoisotopic (exact) mass is 509 g/mol. The number of carbonyl (C=O) groups is 1. The summed E-state index contributed by atoms with van der Waals surface area (Å²) in [7, 11) is -3.60. The van der Waals surface area contributed by atoms with Gasteiger partial charge in [-0.2, -0.15) is 4.31 Å². The van der Waals surface area contributed by atoms with Gasteiger partial charge in [-0.15, -0.1) is 0 Å². The standard InChI is InChI=1S/C22H21Cl2N3O5S/c1-14-2-7-17-18(23)12-19(24)22(21(17)25-14)32-13-20(28)26-15-3-5-16(6-4-15)33(29,30)27-8-10-31-11-9-27/h2-7,12H,8-11,13H2,1H3,(H,26,28). The van der Waals surface area contributed by atoms with Crippen LogP contribution in [0.25, 0.3) is 10.9 Å². The number of ether oxygens (including phenoxy) is 2. The maximum absolute atomic E-state index is 12.7. The molecule has 33 heavy (non-hydrogen) atoms. The Bertz CT molecular complexity index is 1290. The third-order valence-corrected chi connectivity index (χ3v) is 7.58. The molecular formula is C22H21Cl2N3O5S. The minimum absolute atomic E-state index is 0.152. The van der Waals surface area contributed by atoms with Crippen molar-refractivity contribution in [2.75, 3.05) is 38.2 Å². The lowest BCUT2D eigenvalue weighted by molar-refractivity contribution is -0.118. The van der Waals surface area contributed by atoms with Crippen LogP contribution < -0.4 is 10.1 Å². The second-order valence-corrected chi connectivity index (χ2v) is 10.1. The first-order chi connectivity index (χ1) is 15.8. The van der Waals surface area contributed by atoms with Gasteiger partial charge in [0.2, 0.25) is 10.0 Å². The highest BCUT2D eigenvalue weighted by Gasteiger charge is 2.26. The zero-order valence-corrected chi connectivity index (χ0v) is 20.0. The highest BCUT2D eigenvalue weighted by atomic mass is 35.5. The molecular weight excluding hydrogens is 489 g/mol. The summed E-state index contributed by atoms with van der Waals surface area (Å²) in [6.07, 6.45) is 0. The molecule has 3 aromatic rings. The molecule has 0 unspecified atom stereocenters. The number of morpholine rings is 1. The number of pyridine rings is 1. The topological polar surface area (TPSA) is 97.8 Å². The van der Waals surface area contributed by atoms with Gasteiger partial charge in [0.1, 0.15) is 5.52 Å². The summed E-state index contributed by atoms with van der Waals surface area (Å²) in [6.45, 7) is 2.88. The van der Waals surface area contributed by atoms with Crippen LogP contribution in [-0.4, -0.2) is 56.5 Å². The first-order valence-corrected chi connectivity index (χ1v) is 12.3. The van der Waals surface area contributed by atoms with Crippen molar-refractivity contribution in [2.24, 2.45) is 0 Å². The summed E-state index contributed by atoms with van der Waals surface area (Å²) < 4.78 is 37.7. The molecule has 0 atom stereocenters. The van der Waals surface area contributed by atoms with Crippen molar-refractivity contribution in [1.82, 2.24) is 9.29 Å². The molecule has 2 aromatic carbocycles.